The van der Waals surface area contributed by atoms with Crippen LogP contribution in [0.4, 0.5) is 10.5 Å². The monoisotopic (exact) mass is 420 g/mol. The zero-order valence-electron chi connectivity index (χ0n) is 18.0. The molecule has 1 heterocycles. The number of nitrogens with zero attached hydrogens (tertiary/aromatic N) is 3. The molecule has 3 aromatic rings. The van der Waals surface area contributed by atoms with Crippen molar-refractivity contribution in [2.75, 3.05) is 12.4 Å². The highest BCUT2D eigenvalue weighted by atomic mass is 16.5. The normalized spacial score (nSPS) is 14.3. The molecule has 0 spiro atoms. The Balaban J connectivity index is 1.53. The van der Waals surface area contributed by atoms with Crippen LogP contribution in [0.1, 0.15) is 43.6 Å². The predicted molar refractivity (Wildman–Crippen MR) is 119 cm³/mol. The second-order valence-electron chi connectivity index (χ2n) is 7.96. The number of hydrogen-bond acceptors (Lipinski definition) is 5. The predicted octanol–water partition coefficient (Wildman–Crippen LogP) is 5.42. The molecule has 1 aromatic heterocycles. The van der Waals surface area contributed by atoms with Crippen molar-refractivity contribution in [1.29, 1.82) is 0 Å². The topological polar surface area (TPSA) is 80.5 Å². The Bertz CT molecular complexity index is 1030. The van der Waals surface area contributed by atoms with Gasteiger partial charge in [0.05, 0.1) is 7.11 Å². The van der Waals surface area contributed by atoms with Gasteiger partial charge >= 0.3 is 6.03 Å². The van der Waals surface area contributed by atoms with Gasteiger partial charge in [-0.25, -0.2) is 4.79 Å². The lowest BCUT2D eigenvalue weighted by molar-refractivity contribution is 0.151. The number of urea groups is 1. The molecule has 0 saturated heterocycles. The molecular weight excluding hydrogens is 392 g/mol. The first-order valence-electron chi connectivity index (χ1n) is 10.7. The van der Waals surface area contributed by atoms with Gasteiger partial charge in [0, 0.05) is 23.4 Å². The van der Waals surface area contributed by atoms with E-state index in [9.17, 15) is 4.79 Å². The quantitative estimate of drug-likeness (QED) is 0.576. The SMILES string of the molecule is COc1cccc(NC(=O)N(Cc2nc(-c3cccc(C)c3)no2)C2CCCCC2)c1. The molecule has 7 nitrogen and oxygen atoms in total. The first-order valence-corrected chi connectivity index (χ1v) is 10.7. The number of aromatic nitrogens is 2. The fourth-order valence-electron chi connectivity index (χ4n) is 4.02. The first-order chi connectivity index (χ1) is 15.1. The minimum Gasteiger partial charge on any atom is -0.497 e. The summed E-state index contributed by atoms with van der Waals surface area (Å²) in [6.07, 6.45) is 5.40. The Morgan fingerprint density at radius 3 is 2.74 bits per heavy atom. The summed E-state index contributed by atoms with van der Waals surface area (Å²) in [6, 6.07) is 15.3. The Kier molecular flexibility index (Phi) is 6.50. The maximum atomic E-state index is 13.2. The van der Waals surface area contributed by atoms with E-state index in [4.69, 9.17) is 9.26 Å². The summed E-state index contributed by atoms with van der Waals surface area (Å²) < 4.78 is 10.8. The molecule has 1 saturated carbocycles. The summed E-state index contributed by atoms with van der Waals surface area (Å²) >= 11 is 0. The van der Waals surface area contributed by atoms with Crippen LogP contribution in [0.2, 0.25) is 0 Å². The van der Waals surface area contributed by atoms with Gasteiger partial charge in [-0.2, -0.15) is 4.98 Å². The lowest BCUT2D eigenvalue weighted by Crippen LogP contribution is -2.43. The molecule has 1 N–H and O–H groups in total. The second kappa shape index (κ2) is 9.64. The second-order valence-corrected chi connectivity index (χ2v) is 7.96. The smallest absolute Gasteiger partial charge is 0.322 e. The number of methoxy groups -OCH3 is 1. The highest BCUT2D eigenvalue weighted by Gasteiger charge is 2.27. The molecule has 0 bridgehead atoms. The summed E-state index contributed by atoms with van der Waals surface area (Å²) in [4.78, 5) is 19.6. The average Bonchev–Trinajstić information content (AvgIpc) is 3.27. The van der Waals surface area contributed by atoms with Gasteiger partial charge in [0.15, 0.2) is 0 Å². The number of carbonyl (C=O) groups excluding carboxylic acids is 1. The number of carbonyl (C=O) groups is 1. The van der Waals surface area contributed by atoms with E-state index >= 15 is 0 Å². The average molecular weight is 421 g/mol. The zero-order valence-corrected chi connectivity index (χ0v) is 18.0. The van der Waals surface area contributed by atoms with Gasteiger partial charge in [-0.1, -0.05) is 54.2 Å². The summed E-state index contributed by atoms with van der Waals surface area (Å²) in [5, 5.41) is 7.13. The highest BCUT2D eigenvalue weighted by Crippen LogP contribution is 2.26. The number of hydrogen-bond donors (Lipinski definition) is 1. The molecule has 2 aromatic carbocycles. The number of aryl methyl sites for hydroxylation is 1. The summed E-state index contributed by atoms with van der Waals surface area (Å²) in [7, 11) is 1.61. The van der Waals surface area contributed by atoms with E-state index in [1.54, 1.807) is 13.2 Å². The van der Waals surface area contributed by atoms with Crippen LogP contribution < -0.4 is 10.1 Å². The summed E-state index contributed by atoms with van der Waals surface area (Å²) in [6.45, 7) is 2.30. The van der Waals surface area contributed by atoms with Crippen molar-refractivity contribution in [3.63, 3.8) is 0 Å². The van der Waals surface area contributed by atoms with E-state index in [-0.39, 0.29) is 18.6 Å². The van der Waals surface area contributed by atoms with Crippen LogP contribution in [0.5, 0.6) is 5.75 Å². The van der Waals surface area contributed by atoms with E-state index in [2.05, 4.69) is 15.5 Å². The van der Waals surface area contributed by atoms with Crippen LogP contribution in [-0.4, -0.2) is 34.2 Å². The highest BCUT2D eigenvalue weighted by molar-refractivity contribution is 5.89. The number of anilines is 1. The Morgan fingerprint density at radius 1 is 1.16 bits per heavy atom. The van der Waals surface area contributed by atoms with Gasteiger partial charge in [-0.05, 0) is 38.0 Å². The number of nitrogens with one attached hydrogen (secondary N) is 1. The minimum absolute atomic E-state index is 0.147. The number of amides is 2. The molecular formula is C24H28N4O3. The van der Waals surface area contributed by atoms with Crippen LogP contribution in [-0.2, 0) is 6.54 Å². The van der Waals surface area contributed by atoms with Gasteiger partial charge in [0.25, 0.3) is 0 Å². The van der Waals surface area contributed by atoms with Gasteiger partial charge < -0.3 is 19.5 Å². The van der Waals surface area contributed by atoms with Crippen molar-refractivity contribution < 1.29 is 14.1 Å². The van der Waals surface area contributed by atoms with Crippen LogP contribution in [0.25, 0.3) is 11.4 Å². The molecule has 0 atom stereocenters. The molecule has 7 heteroatoms. The minimum atomic E-state index is -0.171. The molecule has 1 aliphatic carbocycles. The molecule has 31 heavy (non-hydrogen) atoms. The maximum Gasteiger partial charge on any atom is 0.322 e. The number of rotatable bonds is 6. The third-order valence-corrected chi connectivity index (χ3v) is 5.65. The van der Waals surface area contributed by atoms with Gasteiger partial charge in [0.2, 0.25) is 11.7 Å². The standard InChI is InChI=1S/C24H28N4O3/c1-17-8-6-9-18(14-17)23-26-22(31-27-23)16-28(20-11-4-3-5-12-20)24(29)25-19-10-7-13-21(15-19)30-2/h6-10,13-15,20H,3-5,11-12,16H2,1-2H3,(H,25,29). The summed E-state index contributed by atoms with van der Waals surface area (Å²) in [5.41, 5.74) is 2.72. The largest absolute Gasteiger partial charge is 0.497 e. The van der Waals surface area contributed by atoms with Crippen LogP contribution in [0.15, 0.2) is 53.1 Å². The molecule has 1 aliphatic rings. The first kappa shape index (κ1) is 20.9. The molecule has 162 valence electrons. The van der Waals surface area contributed by atoms with Gasteiger partial charge in [-0.15, -0.1) is 0 Å². The molecule has 2 amide bonds. The molecule has 1 fully saturated rings. The van der Waals surface area contributed by atoms with E-state index in [0.717, 1.165) is 36.8 Å². The molecule has 0 radical (unpaired) electrons. The van der Waals surface area contributed by atoms with E-state index in [1.165, 1.54) is 6.42 Å². The van der Waals surface area contributed by atoms with E-state index in [0.29, 0.717) is 23.2 Å². The van der Waals surface area contributed by atoms with Gasteiger partial charge in [0.1, 0.15) is 12.3 Å². The number of ether oxygens (including phenoxy) is 1. The van der Waals surface area contributed by atoms with E-state index < -0.39 is 0 Å². The number of benzene rings is 2. The van der Waals surface area contributed by atoms with Crippen LogP contribution >= 0.6 is 0 Å². The summed E-state index contributed by atoms with van der Waals surface area (Å²) in [5.74, 6) is 1.67. The van der Waals surface area contributed by atoms with E-state index in [1.807, 2.05) is 54.3 Å². The Labute approximate surface area is 182 Å². The Morgan fingerprint density at radius 2 is 1.97 bits per heavy atom. The fourth-order valence-corrected chi connectivity index (χ4v) is 4.02. The fraction of sp³-hybridized carbons (Fsp3) is 0.375. The molecule has 0 aliphatic heterocycles. The third-order valence-electron chi connectivity index (χ3n) is 5.65. The van der Waals surface area contributed by atoms with Gasteiger partial charge in [-0.3, -0.25) is 0 Å². The lowest BCUT2D eigenvalue weighted by Gasteiger charge is -2.33. The van der Waals surface area contributed by atoms with Crippen LogP contribution in [0.3, 0.4) is 0 Å². The van der Waals surface area contributed by atoms with Crippen molar-refractivity contribution in [3.8, 4) is 17.1 Å². The Hall–Kier alpha value is -3.35. The van der Waals surface area contributed by atoms with Crippen molar-refractivity contribution in [2.24, 2.45) is 0 Å². The maximum absolute atomic E-state index is 13.2. The van der Waals surface area contributed by atoms with Crippen molar-refractivity contribution in [2.45, 2.75) is 51.6 Å². The van der Waals surface area contributed by atoms with Crippen molar-refractivity contribution in [3.05, 3.63) is 60.0 Å². The van der Waals surface area contributed by atoms with Crippen molar-refractivity contribution >= 4 is 11.7 Å². The van der Waals surface area contributed by atoms with Crippen molar-refractivity contribution in [1.82, 2.24) is 15.0 Å². The zero-order chi connectivity index (χ0) is 21.6. The molecule has 4 rings (SSSR count). The van der Waals surface area contributed by atoms with Crippen LogP contribution in [0, 0.1) is 6.92 Å². The third kappa shape index (κ3) is 5.23. The lowest BCUT2D eigenvalue weighted by atomic mass is 9.94. The molecule has 0 unspecified atom stereocenters.